The molecule has 5 nitrogen and oxygen atoms in total. The van der Waals surface area contributed by atoms with Crippen molar-refractivity contribution in [3.05, 3.63) is 58.6 Å². The zero-order valence-corrected chi connectivity index (χ0v) is 20.5. The number of hydrogen-bond donors (Lipinski definition) is 0. The maximum Gasteiger partial charge on any atom is 0.227 e. The number of benzene rings is 2. The van der Waals surface area contributed by atoms with Gasteiger partial charge in [0, 0.05) is 32.6 Å². The quantitative estimate of drug-likeness (QED) is 0.543. The fourth-order valence-corrected chi connectivity index (χ4v) is 5.06. The van der Waals surface area contributed by atoms with E-state index in [1.807, 2.05) is 23.1 Å². The smallest absolute Gasteiger partial charge is 0.227 e. The highest BCUT2D eigenvalue weighted by Gasteiger charge is 2.30. The Balaban J connectivity index is 1.47. The summed E-state index contributed by atoms with van der Waals surface area (Å²) in [5, 5.41) is 0.549. The van der Waals surface area contributed by atoms with E-state index >= 15 is 0 Å². The third kappa shape index (κ3) is 6.42. The first kappa shape index (κ1) is 23.9. The Morgan fingerprint density at radius 3 is 2.70 bits per heavy atom. The van der Waals surface area contributed by atoms with Gasteiger partial charge >= 0.3 is 0 Å². The molecule has 2 aliphatic rings. The molecular formula is C27H35ClN2O3. The molecular weight excluding hydrogens is 436 g/mol. The standard InChI is InChI=1S/C27H35ClN2O3/c1-20(2)16-30(18-22-14-24(28)26-25(15-22)32-12-7-13-33-26)27(31)23-10-6-11-29(19-23)17-21-8-4-3-5-9-21/h3-5,8-9,14-15,20,23H,6-7,10-13,16-19H2,1-2H3/t23-/m1/s1. The molecule has 0 aliphatic carbocycles. The van der Waals surface area contributed by atoms with Gasteiger partial charge in [-0.15, -0.1) is 0 Å². The number of hydrogen-bond acceptors (Lipinski definition) is 4. The number of piperidine rings is 1. The van der Waals surface area contributed by atoms with E-state index < -0.39 is 0 Å². The number of ether oxygens (including phenoxy) is 2. The number of amides is 1. The Bertz CT molecular complexity index is 934. The summed E-state index contributed by atoms with van der Waals surface area (Å²) in [6.07, 6.45) is 2.83. The van der Waals surface area contributed by atoms with Crippen molar-refractivity contribution in [2.45, 2.75) is 46.2 Å². The molecule has 2 aromatic carbocycles. The average molecular weight is 471 g/mol. The summed E-state index contributed by atoms with van der Waals surface area (Å²) in [5.74, 6) is 1.94. The molecule has 1 amide bonds. The Labute approximate surface area is 202 Å². The predicted octanol–water partition coefficient (Wildman–Crippen LogP) is 5.40. The highest BCUT2D eigenvalue weighted by molar-refractivity contribution is 6.32. The van der Waals surface area contributed by atoms with Crippen molar-refractivity contribution in [2.24, 2.45) is 11.8 Å². The van der Waals surface area contributed by atoms with Crippen LogP contribution in [0.3, 0.4) is 0 Å². The highest BCUT2D eigenvalue weighted by Crippen LogP contribution is 2.38. The predicted molar refractivity (Wildman–Crippen MR) is 132 cm³/mol. The molecule has 0 bridgehead atoms. The lowest BCUT2D eigenvalue weighted by atomic mass is 9.95. The zero-order valence-electron chi connectivity index (χ0n) is 19.8. The van der Waals surface area contributed by atoms with E-state index in [4.69, 9.17) is 21.1 Å². The molecule has 2 heterocycles. The lowest BCUT2D eigenvalue weighted by Gasteiger charge is -2.35. The van der Waals surface area contributed by atoms with Crippen LogP contribution in [0.4, 0.5) is 0 Å². The lowest BCUT2D eigenvalue weighted by Crippen LogP contribution is -2.45. The molecule has 33 heavy (non-hydrogen) atoms. The van der Waals surface area contributed by atoms with Crippen LogP contribution < -0.4 is 9.47 Å². The van der Waals surface area contributed by atoms with Gasteiger partial charge in [0.1, 0.15) is 0 Å². The number of likely N-dealkylation sites (tertiary alicyclic amines) is 1. The number of fused-ring (bicyclic) bond motifs is 1. The molecule has 0 N–H and O–H groups in total. The highest BCUT2D eigenvalue weighted by atomic mass is 35.5. The largest absolute Gasteiger partial charge is 0.489 e. The van der Waals surface area contributed by atoms with Crippen LogP contribution in [0.1, 0.15) is 44.2 Å². The van der Waals surface area contributed by atoms with E-state index in [9.17, 15) is 4.79 Å². The molecule has 1 fully saturated rings. The average Bonchev–Trinajstić information content (AvgIpc) is 3.05. The third-order valence-corrected chi connectivity index (χ3v) is 6.52. The number of carbonyl (C=O) groups is 1. The summed E-state index contributed by atoms with van der Waals surface area (Å²) < 4.78 is 11.6. The van der Waals surface area contributed by atoms with Crippen molar-refractivity contribution < 1.29 is 14.3 Å². The normalized spacial score (nSPS) is 18.7. The monoisotopic (exact) mass is 470 g/mol. The topological polar surface area (TPSA) is 42.0 Å². The van der Waals surface area contributed by atoms with Crippen LogP contribution in [0.15, 0.2) is 42.5 Å². The maximum atomic E-state index is 13.7. The van der Waals surface area contributed by atoms with Gasteiger partial charge in [0.05, 0.1) is 24.2 Å². The second-order valence-corrected chi connectivity index (χ2v) is 10.0. The van der Waals surface area contributed by atoms with Crippen LogP contribution in [0.5, 0.6) is 11.5 Å². The molecule has 0 aromatic heterocycles. The Kier molecular flexibility index (Phi) is 8.15. The first-order valence-electron chi connectivity index (χ1n) is 12.1. The summed E-state index contributed by atoms with van der Waals surface area (Å²) in [6, 6.07) is 14.4. The minimum absolute atomic E-state index is 0.0251. The van der Waals surface area contributed by atoms with Gasteiger partial charge in [-0.05, 0) is 48.6 Å². The third-order valence-electron chi connectivity index (χ3n) is 6.24. The number of rotatable bonds is 7. The van der Waals surface area contributed by atoms with Crippen molar-refractivity contribution in [3.8, 4) is 11.5 Å². The summed E-state index contributed by atoms with van der Waals surface area (Å²) in [4.78, 5) is 18.1. The van der Waals surface area contributed by atoms with Crippen LogP contribution in [0, 0.1) is 11.8 Å². The van der Waals surface area contributed by atoms with Gasteiger partial charge in [0.2, 0.25) is 5.91 Å². The van der Waals surface area contributed by atoms with Crippen molar-refractivity contribution in [1.82, 2.24) is 9.80 Å². The zero-order chi connectivity index (χ0) is 23.2. The Morgan fingerprint density at radius 1 is 1.12 bits per heavy atom. The van der Waals surface area contributed by atoms with Crippen LogP contribution in [0.25, 0.3) is 0 Å². The number of halogens is 1. The van der Waals surface area contributed by atoms with Crippen LogP contribution in [-0.2, 0) is 17.9 Å². The maximum absolute atomic E-state index is 13.7. The minimum atomic E-state index is 0.0251. The van der Waals surface area contributed by atoms with E-state index in [2.05, 4.69) is 43.0 Å². The van der Waals surface area contributed by atoms with Crippen molar-refractivity contribution >= 4 is 17.5 Å². The van der Waals surface area contributed by atoms with Gasteiger partial charge in [-0.1, -0.05) is 55.8 Å². The first-order chi connectivity index (χ1) is 16.0. The summed E-state index contributed by atoms with van der Waals surface area (Å²) in [6.45, 7) is 9.53. The molecule has 2 aromatic rings. The fourth-order valence-electron chi connectivity index (χ4n) is 4.77. The van der Waals surface area contributed by atoms with Gasteiger partial charge < -0.3 is 14.4 Å². The minimum Gasteiger partial charge on any atom is -0.489 e. The van der Waals surface area contributed by atoms with Gasteiger partial charge in [0.25, 0.3) is 0 Å². The van der Waals surface area contributed by atoms with E-state index in [0.29, 0.717) is 42.2 Å². The Morgan fingerprint density at radius 2 is 1.91 bits per heavy atom. The molecule has 4 rings (SSSR count). The molecule has 0 spiro atoms. The van der Waals surface area contributed by atoms with Gasteiger partial charge in [0.15, 0.2) is 11.5 Å². The molecule has 6 heteroatoms. The SMILES string of the molecule is CC(C)CN(Cc1cc(Cl)c2c(c1)OCCCO2)C(=O)[C@@H]1CCCN(Cc2ccccc2)C1. The Hall–Kier alpha value is -2.24. The summed E-state index contributed by atoms with van der Waals surface area (Å²) in [5.41, 5.74) is 2.28. The van der Waals surface area contributed by atoms with E-state index in [1.54, 1.807) is 0 Å². The lowest BCUT2D eigenvalue weighted by molar-refractivity contribution is -0.138. The second-order valence-electron chi connectivity index (χ2n) is 9.63. The van der Waals surface area contributed by atoms with E-state index in [0.717, 1.165) is 51.0 Å². The van der Waals surface area contributed by atoms with E-state index in [1.165, 1.54) is 5.56 Å². The molecule has 2 aliphatic heterocycles. The van der Waals surface area contributed by atoms with Crippen molar-refractivity contribution in [1.29, 1.82) is 0 Å². The van der Waals surface area contributed by atoms with Crippen LogP contribution >= 0.6 is 11.6 Å². The number of nitrogens with zero attached hydrogens (tertiary/aromatic N) is 2. The van der Waals surface area contributed by atoms with Crippen molar-refractivity contribution in [3.63, 3.8) is 0 Å². The van der Waals surface area contributed by atoms with Crippen LogP contribution in [-0.4, -0.2) is 48.6 Å². The molecule has 0 unspecified atom stereocenters. The molecule has 0 saturated carbocycles. The van der Waals surface area contributed by atoms with E-state index in [-0.39, 0.29) is 11.8 Å². The molecule has 0 radical (unpaired) electrons. The number of carbonyl (C=O) groups excluding carboxylic acids is 1. The van der Waals surface area contributed by atoms with Gasteiger partial charge in [-0.2, -0.15) is 0 Å². The van der Waals surface area contributed by atoms with Crippen LogP contribution in [0.2, 0.25) is 5.02 Å². The van der Waals surface area contributed by atoms with Gasteiger partial charge in [-0.3, -0.25) is 9.69 Å². The second kappa shape index (κ2) is 11.3. The summed E-state index contributed by atoms with van der Waals surface area (Å²) in [7, 11) is 0. The fraction of sp³-hybridized carbons (Fsp3) is 0.519. The molecule has 178 valence electrons. The first-order valence-corrected chi connectivity index (χ1v) is 12.5. The molecule has 1 saturated heterocycles. The van der Waals surface area contributed by atoms with Gasteiger partial charge in [-0.25, -0.2) is 0 Å². The summed E-state index contributed by atoms with van der Waals surface area (Å²) >= 11 is 6.52. The molecule has 1 atom stereocenters. The van der Waals surface area contributed by atoms with Crippen molar-refractivity contribution in [2.75, 3.05) is 32.8 Å².